The average Bonchev–Trinajstić information content (AvgIpc) is 3.58. The van der Waals surface area contributed by atoms with Gasteiger partial charge < -0.3 is 16.2 Å². The van der Waals surface area contributed by atoms with Crippen LogP contribution in [0.15, 0.2) is 61.4 Å². The number of nitrogens with zero attached hydrogens (tertiary/aromatic N) is 8. The first-order chi connectivity index (χ1) is 18.6. The maximum Gasteiger partial charge on any atom is 0.255 e. The number of pyridine rings is 1. The minimum absolute atomic E-state index is 0.125. The average molecular weight is 527 g/mol. The number of hydrogen-bond acceptors (Lipinski definition) is 9. The van der Waals surface area contributed by atoms with E-state index in [-0.39, 0.29) is 11.4 Å². The molecule has 5 aromatic heterocycles. The Morgan fingerprint density at radius 1 is 1.13 bits per heavy atom. The van der Waals surface area contributed by atoms with Crippen LogP contribution >= 0.6 is 0 Å². The quantitative estimate of drug-likeness (QED) is 0.288. The number of nitrogens with two attached hydrogens (primary N) is 1. The third-order valence-corrected chi connectivity index (χ3v) is 6.02. The Kier molecular flexibility index (Phi) is 6.47. The van der Waals surface area contributed by atoms with Crippen molar-refractivity contribution >= 4 is 17.2 Å². The van der Waals surface area contributed by atoms with Crippen LogP contribution in [-0.4, -0.2) is 63.7 Å². The third kappa shape index (κ3) is 5.13. The van der Waals surface area contributed by atoms with Crippen molar-refractivity contribution in [2.75, 3.05) is 12.3 Å². The topological polar surface area (TPSA) is 173 Å². The molecule has 1 amide bonds. The van der Waals surface area contributed by atoms with Gasteiger partial charge in [-0.1, -0.05) is 0 Å². The first kappa shape index (κ1) is 25.4. The molecule has 196 valence electrons. The number of aliphatic hydroxyl groups is 1. The van der Waals surface area contributed by atoms with Crippen LogP contribution in [0.4, 0.5) is 10.2 Å². The summed E-state index contributed by atoms with van der Waals surface area (Å²) in [4.78, 5) is 25.9. The summed E-state index contributed by atoms with van der Waals surface area (Å²) in [6.45, 7) is 2.25. The van der Waals surface area contributed by atoms with Gasteiger partial charge >= 0.3 is 0 Å². The number of rotatable bonds is 7. The highest BCUT2D eigenvalue weighted by molar-refractivity contribution is 5.98. The summed E-state index contributed by atoms with van der Waals surface area (Å²) in [7, 11) is 0. The SMILES string of the molecule is CC(C)(O)[C@H](F)CNC(=O)c1cnc(-c2ccc3cc(C#N)cnn23)cc1-n1cc(-c2cnc(N)cn2)cn1. The Hall–Kier alpha value is -5.22. The minimum atomic E-state index is -1.69. The Labute approximate surface area is 221 Å². The van der Waals surface area contributed by atoms with Gasteiger partial charge in [0, 0.05) is 18.0 Å². The van der Waals surface area contributed by atoms with Crippen LogP contribution in [0, 0.1) is 11.3 Å². The molecule has 0 spiro atoms. The maximum atomic E-state index is 14.3. The smallest absolute Gasteiger partial charge is 0.255 e. The molecule has 0 aromatic carbocycles. The summed E-state index contributed by atoms with van der Waals surface area (Å²) >= 11 is 0. The van der Waals surface area contributed by atoms with E-state index in [2.05, 4.69) is 36.5 Å². The Morgan fingerprint density at radius 2 is 1.92 bits per heavy atom. The van der Waals surface area contributed by atoms with Crippen molar-refractivity contribution in [3.05, 3.63) is 72.6 Å². The molecule has 13 heteroatoms. The molecule has 0 aliphatic carbocycles. The van der Waals surface area contributed by atoms with Gasteiger partial charge in [-0.05, 0) is 38.1 Å². The van der Waals surface area contributed by atoms with E-state index in [4.69, 9.17) is 5.73 Å². The van der Waals surface area contributed by atoms with Crippen molar-refractivity contribution in [2.45, 2.75) is 25.6 Å². The standard InChI is InChI=1S/C26H23FN10O2/c1-26(2,39)23(27)12-33-25(38)18-10-30-19(21-4-3-17-5-15(7-28)8-35-37(17)21)6-22(18)36-14-16(9-34-36)20-11-32-24(29)13-31-20/h3-6,8-11,13-14,23,39H,12H2,1-2H3,(H2,29,32)(H,33,38)/t23-/m1/s1. The van der Waals surface area contributed by atoms with Gasteiger partial charge in [0.2, 0.25) is 0 Å². The Bertz CT molecular complexity index is 1710. The molecule has 12 nitrogen and oxygen atoms in total. The van der Waals surface area contributed by atoms with E-state index in [9.17, 15) is 19.6 Å². The number of alkyl halides is 1. The summed E-state index contributed by atoms with van der Waals surface area (Å²) in [5.41, 5.74) is 7.84. The summed E-state index contributed by atoms with van der Waals surface area (Å²) in [5, 5.41) is 30.3. The highest BCUT2D eigenvalue weighted by Gasteiger charge is 2.27. The van der Waals surface area contributed by atoms with E-state index >= 15 is 0 Å². The van der Waals surface area contributed by atoms with Gasteiger partial charge in [-0.15, -0.1) is 0 Å². The predicted molar refractivity (Wildman–Crippen MR) is 139 cm³/mol. The lowest BCUT2D eigenvalue weighted by Crippen LogP contribution is -2.42. The number of nitriles is 1. The predicted octanol–water partition coefficient (Wildman–Crippen LogP) is 2.33. The largest absolute Gasteiger partial charge is 0.387 e. The van der Waals surface area contributed by atoms with Crippen LogP contribution in [0.25, 0.3) is 33.8 Å². The van der Waals surface area contributed by atoms with Crippen molar-refractivity contribution in [3.63, 3.8) is 0 Å². The second kappa shape index (κ2) is 9.92. The fourth-order valence-electron chi connectivity index (χ4n) is 3.80. The molecule has 0 saturated carbocycles. The van der Waals surface area contributed by atoms with Gasteiger partial charge in [-0.25, -0.2) is 18.6 Å². The fraction of sp³-hybridized carbons (Fsp3) is 0.192. The molecule has 4 N–H and O–H groups in total. The van der Waals surface area contributed by atoms with E-state index in [0.717, 1.165) is 0 Å². The number of nitrogen functional groups attached to an aromatic ring is 1. The molecular formula is C26H23FN10O2. The highest BCUT2D eigenvalue weighted by atomic mass is 19.1. The lowest BCUT2D eigenvalue weighted by Gasteiger charge is -2.22. The highest BCUT2D eigenvalue weighted by Crippen LogP contribution is 2.26. The van der Waals surface area contributed by atoms with Crippen LogP contribution < -0.4 is 11.1 Å². The second-order valence-corrected chi connectivity index (χ2v) is 9.33. The van der Waals surface area contributed by atoms with Gasteiger partial charge in [0.25, 0.3) is 5.91 Å². The molecule has 1 atom stereocenters. The van der Waals surface area contributed by atoms with E-state index in [1.807, 2.05) is 0 Å². The zero-order valence-electron chi connectivity index (χ0n) is 20.9. The van der Waals surface area contributed by atoms with Crippen molar-refractivity contribution in [3.8, 4) is 34.4 Å². The number of fused-ring (bicyclic) bond motifs is 1. The molecular weight excluding hydrogens is 503 g/mol. The number of nitrogens with one attached hydrogen (secondary N) is 1. The maximum absolute atomic E-state index is 14.3. The number of halogens is 1. The van der Waals surface area contributed by atoms with Crippen LogP contribution in [0.1, 0.15) is 29.8 Å². The van der Waals surface area contributed by atoms with Crippen LogP contribution in [0.5, 0.6) is 0 Å². The van der Waals surface area contributed by atoms with Gasteiger partial charge in [-0.3, -0.25) is 14.8 Å². The zero-order valence-corrected chi connectivity index (χ0v) is 20.9. The molecule has 0 saturated heterocycles. The molecule has 5 heterocycles. The summed E-state index contributed by atoms with van der Waals surface area (Å²) in [6, 6.07) is 9.01. The molecule has 0 aliphatic rings. The second-order valence-electron chi connectivity index (χ2n) is 9.33. The number of aromatic nitrogens is 7. The van der Waals surface area contributed by atoms with Gasteiger partial charge in [0.15, 0.2) is 0 Å². The van der Waals surface area contributed by atoms with Crippen LogP contribution in [-0.2, 0) is 0 Å². The summed E-state index contributed by atoms with van der Waals surface area (Å²) in [6.07, 6.45) is 7.29. The van der Waals surface area contributed by atoms with Crippen molar-refractivity contribution in [2.24, 2.45) is 0 Å². The number of carbonyl (C=O) groups excluding carboxylic acids is 1. The molecule has 0 bridgehead atoms. The lowest BCUT2D eigenvalue weighted by atomic mass is 10.0. The molecule has 0 unspecified atom stereocenters. The monoisotopic (exact) mass is 526 g/mol. The van der Waals surface area contributed by atoms with Gasteiger partial charge in [0.1, 0.15) is 18.1 Å². The normalized spacial score (nSPS) is 12.3. The zero-order chi connectivity index (χ0) is 27.7. The van der Waals surface area contributed by atoms with Crippen molar-refractivity contribution in [1.82, 2.24) is 39.7 Å². The van der Waals surface area contributed by atoms with Gasteiger partial charge in [0.05, 0.1) is 76.3 Å². The molecule has 0 radical (unpaired) electrons. The third-order valence-electron chi connectivity index (χ3n) is 6.02. The fourth-order valence-corrected chi connectivity index (χ4v) is 3.80. The van der Waals surface area contributed by atoms with E-state index in [1.165, 1.54) is 43.3 Å². The van der Waals surface area contributed by atoms with Crippen molar-refractivity contribution in [1.29, 1.82) is 5.26 Å². The number of carbonyl (C=O) groups is 1. The van der Waals surface area contributed by atoms with Crippen molar-refractivity contribution < 1.29 is 14.3 Å². The molecule has 5 rings (SSSR count). The van der Waals surface area contributed by atoms with Gasteiger partial charge in [-0.2, -0.15) is 15.5 Å². The number of anilines is 1. The first-order valence-electron chi connectivity index (χ1n) is 11.8. The van der Waals surface area contributed by atoms with E-state index < -0.39 is 24.2 Å². The Morgan fingerprint density at radius 3 is 2.64 bits per heavy atom. The molecule has 39 heavy (non-hydrogen) atoms. The number of amides is 1. The van der Waals surface area contributed by atoms with Crippen LogP contribution in [0.3, 0.4) is 0 Å². The van der Waals surface area contributed by atoms with E-state index in [0.29, 0.717) is 39.4 Å². The molecule has 5 aromatic rings. The summed E-state index contributed by atoms with van der Waals surface area (Å²) < 4.78 is 17.4. The van der Waals surface area contributed by atoms with E-state index in [1.54, 1.807) is 41.2 Å². The minimum Gasteiger partial charge on any atom is -0.387 e. The number of hydrogen-bond donors (Lipinski definition) is 3. The summed E-state index contributed by atoms with van der Waals surface area (Å²) in [5.74, 6) is -0.326. The lowest BCUT2D eigenvalue weighted by molar-refractivity contribution is -0.00178. The van der Waals surface area contributed by atoms with Crippen LogP contribution in [0.2, 0.25) is 0 Å². The first-order valence-corrected chi connectivity index (χ1v) is 11.8. The molecule has 0 fully saturated rings. The Balaban J connectivity index is 1.57. The molecule has 0 aliphatic heterocycles.